The smallest absolute Gasteiger partial charge is 0.344 e. The molecule has 0 spiro atoms. The molecule has 0 aliphatic heterocycles. The Hall–Kier alpha value is -2.60. The van der Waals surface area contributed by atoms with Gasteiger partial charge in [-0.3, -0.25) is 0 Å². The van der Waals surface area contributed by atoms with Gasteiger partial charge in [0, 0.05) is 4.90 Å². The van der Waals surface area contributed by atoms with Crippen LogP contribution in [-0.4, -0.2) is 16.1 Å². The zero-order chi connectivity index (χ0) is 16.1. The van der Waals surface area contributed by atoms with Crippen LogP contribution in [0.25, 0.3) is 0 Å². The molecular weight excluding hydrogens is 312 g/mol. The molecule has 23 heavy (non-hydrogen) atoms. The Morgan fingerprint density at radius 2 is 1.87 bits per heavy atom. The van der Waals surface area contributed by atoms with Crippen LogP contribution in [-0.2, 0) is 5.75 Å². The molecule has 3 rings (SSSR count). The Morgan fingerprint density at radius 3 is 2.61 bits per heavy atom. The van der Waals surface area contributed by atoms with Gasteiger partial charge in [0.15, 0.2) is 5.82 Å². The average molecular weight is 326 g/mol. The van der Waals surface area contributed by atoms with E-state index in [1.807, 2.05) is 36.4 Å². The highest BCUT2D eigenvalue weighted by Crippen LogP contribution is 2.26. The number of ether oxygens (including phenoxy) is 1. The maximum Gasteiger partial charge on any atom is 0.344 e. The number of nitrogens with zero attached hydrogens (tertiary/aromatic N) is 2. The van der Waals surface area contributed by atoms with Crippen LogP contribution < -0.4 is 4.74 Å². The fourth-order valence-electron chi connectivity index (χ4n) is 1.95. The van der Waals surface area contributed by atoms with E-state index in [1.54, 1.807) is 25.1 Å². The van der Waals surface area contributed by atoms with E-state index < -0.39 is 0 Å². The van der Waals surface area contributed by atoms with Gasteiger partial charge < -0.3 is 9.26 Å². The molecule has 116 valence electrons. The van der Waals surface area contributed by atoms with Gasteiger partial charge in [0.2, 0.25) is 5.89 Å². The molecule has 0 atom stereocenters. The SMILES string of the molecule is Cc1noc(CSc2ccccc2C(=O)Oc2ccccc2)n1. The number of benzene rings is 2. The van der Waals surface area contributed by atoms with E-state index >= 15 is 0 Å². The van der Waals surface area contributed by atoms with Gasteiger partial charge in [-0.05, 0) is 31.2 Å². The highest BCUT2D eigenvalue weighted by molar-refractivity contribution is 7.98. The van der Waals surface area contributed by atoms with E-state index in [0.717, 1.165) is 4.90 Å². The van der Waals surface area contributed by atoms with Crippen molar-refractivity contribution >= 4 is 17.7 Å². The molecule has 5 nitrogen and oxygen atoms in total. The Bertz CT molecular complexity index is 802. The normalized spacial score (nSPS) is 10.5. The van der Waals surface area contributed by atoms with Gasteiger partial charge in [0.1, 0.15) is 5.75 Å². The summed E-state index contributed by atoms with van der Waals surface area (Å²) in [5.74, 6) is 1.75. The van der Waals surface area contributed by atoms with E-state index in [9.17, 15) is 4.79 Å². The van der Waals surface area contributed by atoms with E-state index in [-0.39, 0.29) is 5.97 Å². The Kier molecular flexibility index (Phi) is 4.73. The van der Waals surface area contributed by atoms with Gasteiger partial charge >= 0.3 is 5.97 Å². The zero-order valence-electron chi connectivity index (χ0n) is 12.4. The number of thioether (sulfide) groups is 1. The monoisotopic (exact) mass is 326 g/mol. The summed E-state index contributed by atoms with van der Waals surface area (Å²) >= 11 is 1.46. The number of hydrogen-bond donors (Lipinski definition) is 0. The first-order valence-corrected chi connectivity index (χ1v) is 7.99. The highest BCUT2D eigenvalue weighted by Gasteiger charge is 2.14. The second-order valence-electron chi connectivity index (χ2n) is 4.72. The third-order valence-electron chi connectivity index (χ3n) is 2.98. The summed E-state index contributed by atoms with van der Waals surface area (Å²) in [6.07, 6.45) is 0. The van der Waals surface area contributed by atoms with Crippen molar-refractivity contribution in [1.82, 2.24) is 10.1 Å². The number of carbonyl (C=O) groups excluding carboxylic acids is 1. The highest BCUT2D eigenvalue weighted by atomic mass is 32.2. The van der Waals surface area contributed by atoms with Gasteiger partial charge in [0.25, 0.3) is 0 Å². The topological polar surface area (TPSA) is 65.2 Å². The largest absolute Gasteiger partial charge is 0.423 e. The number of esters is 1. The lowest BCUT2D eigenvalue weighted by Crippen LogP contribution is -2.09. The van der Waals surface area contributed by atoms with Crippen LogP contribution >= 0.6 is 11.8 Å². The molecule has 0 unspecified atom stereocenters. The minimum atomic E-state index is -0.388. The van der Waals surface area contributed by atoms with Crippen molar-refractivity contribution in [3.8, 4) is 5.75 Å². The fourth-order valence-corrected chi connectivity index (χ4v) is 2.83. The Balaban J connectivity index is 1.73. The first-order valence-electron chi connectivity index (χ1n) is 7.00. The number of rotatable bonds is 5. The van der Waals surface area contributed by atoms with Crippen LogP contribution in [0.4, 0.5) is 0 Å². The molecule has 0 fully saturated rings. The Morgan fingerprint density at radius 1 is 1.13 bits per heavy atom. The van der Waals surface area contributed by atoms with E-state index in [2.05, 4.69) is 10.1 Å². The quantitative estimate of drug-likeness (QED) is 0.402. The van der Waals surface area contributed by atoms with Crippen LogP contribution in [0.1, 0.15) is 22.1 Å². The molecule has 2 aromatic carbocycles. The van der Waals surface area contributed by atoms with Crippen molar-refractivity contribution in [2.24, 2.45) is 0 Å². The second kappa shape index (κ2) is 7.11. The van der Waals surface area contributed by atoms with Gasteiger partial charge in [-0.15, -0.1) is 11.8 Å². The fraction of sp³-hybridized carbons (Fsp3) is 0.118. The molecule has 1 heterocycles. The summed E-state index contributed by atoms with van der Waals surface area (Å²) in [7, 11) is 0. The standard InChI is InChI=1S/C17H14N2O3S/c1-12-18-16(22-19-12)11-23-15-10-6-5-9-14(15)17(20)21-13-7-3-2-4-8-13/h2-10H,11H2,1H3. The van der Waals surface area contributed by atoms with E-state index in [4.69, 9.17) is 9.26 Å². The predicted octanol–water partition coefficient (Wildman–Crippen LogP) is 3.89. The van der Waals surface area contributed by atoms with Crippen LogP contribution in [0.5, 0.6) is 5.75 Å². The molecule has 0 aliphatic carbocycles. The summed E-state index contributed by atoms with van der Waals surface area (Å²) < 4.78 is 10.5. The number of hydrogen-bond acceptors (Lipinski definition) is 6. The van der Waals surface area contributed by atoms with Gasteiger partial charge in [-0.25, -0.2) is 4.79 Å². The number of aryl methyl sites for hydroxylation is 1. The zero-order valence-corrected chi connectivity index (χ0v) is 13.2. The van der Waals surface area contributed by atoms with Crippen molar-refractivity contribution in [2.45, 2.75) is 17.6 Å². The average Bonchev–Trinajstić information content (AvgIpc) is 2.99. The maximum absolute atomic E-state index is 12.4. The van der Waals surface area contributed by atoms with Crippen molar-refractivity contribution in [2.75, 3.05) is 0 Å². The first-order chi connectivity index (χ1) is 11.2. The van der Waals surface area contributed by atoms with Crippen LogP contribution in [0, 0.1) is 6.92 Å². The summed E-state index contributed by atoms with van der Waals surface area (Å²) in [5, 5.41) is 3.75. The number of aromatic nitrogens is 2. The summed E-state index contributed by atoms with van der Waals surface area (Å²) in [4.78, 5) is 17.3. The van der Waals surface area contributed by atoms with Gasteiger partial charge in [-0.1, -0.05) is 35.5 Å². The number of carbonyl (C=O) groups is 1. The minimum absolute atomic E-state index is 0.388. The van der Waals surface area contributed by atoms with Crippen LogP contribution in [0.15, 0.2) is 64.0 Å². The molecule has 1 aromatic heterocycles. The summed E-state index contributed by atoms with van der Waals surface area (Å²) in [5.41, 5.74) is 0.512. The van der Waals surface area contributed by atoms with Gasteiger partial charge in [0.05, 0.1) is 11.3 Å². The maximum atomic E-state index is 12.4. The molecule has 0 N–H and O–H groups in total. The predicted molar refractivity (Wildman–Crippen MR) is 86.4 cm³/mol. The second-order valence-corrected chi connectivity index (χ2v) is 5.74. The molecule has 6 heteroatoms. The summed E-state index contributed by atoms with van der Waals surface area (Å²) in [6.45, 7) is 1.77. The Labute approximate surface area is 137 Å². The summed E-state index contributed by atoms with van der Waals surface area (Å²) in [6, 6.07) is 16.3. The van der Waals surface area contributed by atoms with E-state index in [0.29, 0.717) is 28.8 Å². The van der Waals surface area contributed by atoms with Crippen molar-refractivity contribution in [3.05, 3.63) is 71.9 Å². The molecule has 0 amide bonds. The third kappa shape index (κ3) is 3.98. The molecule has 0 aliphatic rings. The number of para-hydroxylation sites is 1. The third-order valence-corrected chi connectivity index (χ3v) is 4.04. The lowest BCUT2D eigenvalue weighted by Gasteiger charge is -2.08. The molecular formula is C17H14N2O3S. The van der Waals surface area contributed by atoms with Crippen LogP contribution in [0.2, 0.25) is 0 Å². The van der Waals surface area contributed by atoms with Crippen molar-refractivity contribution < 1.29 is 14.1 Å². The van der Waals surface area contributed by atoms with Gasteiger partial charge in [-0.2, -0.15) is 4.98 Å². The minimum Gasteiger partial charge on any atom is -0.423 e. The molecule has 3 aromatic rings. The molecule has 0 saturated heterocycles. The van der Waals surface area contributed by atoms with Crippen molar-refractivity contribution in [1.29, 1.82) is 0 Å². The lowest BCUT2D eigenvalue weighted by molar-refractivity contribution is 0.0731. The van der Waals surface area contributed by atoms with E-state index in [1.165, 1.54) is 11.8 Å². The first kappa shape index (κ1) is 15.3. The van der Waals surface area contributed by atoms with Crippen LogP contribution in [0.3, 0.4) is 0 Å². The molecule has 0 radical (unpaired) electrons. The molecule has 0 bridgehead atoms. The van der Waals surface area contributed by atoms with Crippen molar-refractivity contribution in [3.63, 3.8) is 0 Å². The molecule has 0 saturated carbocycles. The lowest BCUT2D eigenvalue weighted by atomic mass is 10.2.